The van der Waals surface area contributed by atoms with Gasteiger partial charge in [-0.3, -0.25) is 4.52 Å². The highest BCUT2D eigenvalue weighted by atomic mass is 16.6. The van der Waals surface area contributed by atoms with Crippen molar-refractivity contribution < 1.29 is 9.26 Å². The van der Waals surface area contributed by atoms with Gasteiger partial charge in [0.05, 0.1) is 0 Å². The first kappa shape index (κ1) is 6.84. The van der Waals surface area contributed by atoms with E-state index in [4.69, 9.17) is 4.74 Å². The van der Waals surface area contributed by atoms with Gasteiger partial charge in [0, 0.05) is 0 Å². The Hall–Kier alpha value is -1.84. The van der Waals surface area contributed by atoms with Crippen LogP contribution in [0.5, 0.6) is 11.8 Å². The first-order valence-corrected chi connectivity index (χ1v) is 3.45. The fraction of sp³-hybridized carbons (Fsp3) is 0. The van der Waals surface area contributed by atoms with E-state index in [-0.39, 0.29) is 6.08 Å². The fourth-order valence-electron chi connectivity index (χ4n) is 0.797. The maximum Gasteiger partial charge on any atom is 0.422 e. The molecule has 0 radical (unpaired) electrons. The van der Waals surface area contributed by atoms with Gasteiger partial charge < -0.3 is 4.74 Å². The summed E-state index contributed by atoms with van der Waals surface area (Å²) in [5.41, 5.74) is 0. The second kappa shape index (κ2) is 3.04. The Morgan fingerprint density at radius 1 is 1.17 bits per heavy atom. The highest BCUT2D eigenvalue weighted by molar-refractivity contribution is 5.23. The summed E-state index contributed by atoms with van der Waals surface area (Å²) in [7, 11) is 0. The molecule has 0 saturated heterocycles. The number of para-hydroxylation sites is 1. The number of aromatic nitrogens is 2. The summed E-state index contributed by atoms with van der Waals surface area (Å²) in [5.74, 6) is 0.682. The normalized spacial score (nSPS) is 9.67. The van der Waals surface area contributed by atoms with Crippen molar-refractivity contribution in [1.29, 1.82) is 0 Å². The second-order valence-corrected chi connectivity index (χ2v) is 2.12. The molecule has 0 amide bonds. The van der Waals surface area contributed by atoms with E-state index in [1.54, 1.807) is 0 Å². The Kier molecular flexibility index (Phi) is 1.74. The fourth-order valence-corrected chi connectivity index (χ4v) is 0.797. The Morgan fingerprint density at radius 3 is 2.67 bits per heavy atom. The molecule has 60 valence electrons. The van der Waals surface area contributed by atoms with Crippen molar-refractivity contribution in [3.63, 3.8) is 0 Å². The standard InChI is InChI=1S/C8H6N2O2/c1-2-4-7(5-3-1)11-8-9-6-10-12-8/h1-6H. The van der Waals surface area contributed by atoms with Crippen LogP contribution < -0.4 is 4.74 Å². The van der Waals surface area contributed by atoms with Crippen LogP contribution in [0.1, 0.15) is 0 Å². The van der Waals surface area contributed by atoms with Gasteiger partial charge in [-0.1, -0.05) is 23.4 Å². The molecule has 0 aliphatic heterocycles. The van der Waals surface area contributed by atoms with Crippen molar-refractivity contribution in [3.05, 3.63) is 36.7 Å². The van der Waals surface area contributed by atoms with Crippen molar-refractivity contribution in [2.75, 3.05) is 0 Å². The lowest BCUT2D eigenvalue weighted by atomic mass is 10.3. The summed E-state index contributed by atoms with van der Waals surface area (Å²) in [6, 6.07) is 9.26. The summed E-state index contributed by atoms with van der Waals surface area (Å²) >= 11 is 0. The molecule has 0 fully saturated rings. The second-order valence-electron chi connectivity index (χ2n) is 2.12. The van der Waals surface area contributed by atoms with Crippen molar-refractivity contribution >= 4 is 0 Å². The summed E-state index contributed by atoms with van der Waals surface area (Å²) in [6.07, 6.45) is 1.44. The number of ether oxygens (including phenoxy) is 1. The van der Waals surface area contributed by atoms with Gasteiger partial charge >= 0.3 is 6.08 Å². The molecule has 12 heavy (non-hydrogen) atoms. The largest absolute Gasteiger partial charge is 0.422 e. The van der Waals surface area contributed by atoms with Crippen LogP contribution in [0.2, 0.25) is 0 Å². The van der Waals surface area contributed by atoms with E-state index < -0.39 is 0 Å². The van der Waals surface area contributed by atoms with Crippen LogP contribution in [0.3, 0.4) is 0 Å². The average molecular weight is 162 g/mol. The predicted octanol–water partition coefficient (Wildman–Crippen LogP) is 1.86. The Morgan fingerprint density at radius 2 is 2.00 bits per heavy atom. The first-order valence-electron chi connectivity index (χ1n) is 3.45. The quantitative estimate of drug-likeness (QED) is 0.676. The van der Waals surface area contributed by atoms with Crippen LogP contribution in [0.15, 0.2) is 41.2 Å². The molecule has 0 saturated carbocycles. The molecule has 0 atom stereocenters. The number of rotatable bonds is 2. The van der Waals surface area contributed by atoms with Crippen molar-refractivity contribution in [2.24, 2.45) is 0 Å². The van der Waals surface area contributed by atoms with E-state index in [1.165, 1.54) is 6.33 Å². The number of hydrogen-bond donors (Lipinski definition) is 0. The van der Waals surface area contributed by atoms with Crippen LogP contribution in [-0.2, 0) is 0 Å². The molecule has 1 aromatic carbocycles. The molecule has 0 N–H and O–H groups in total. The van der Waals surface area contributed by atoms with Gasteiger partial charge in [0.1, 0.15) is 5.75 Å². The van der Waals surface area contributed by atoms with E-state index in [9.17, 15) is 0 Å². The molecule has 1 aromatic heterocycles. The van der Waals surface area contributed by atoms with E-state index >= 15 is 0 Å². The molecule has 0 spiro atoms. The lowest BCUT2D eigenvalue weighted by molar-refractivity contribution is 0.280. The first-order chi connectivity index (χ1) is 5.95. The third kappa shape index (κ3) is 1.42. The van der Waals surface area contributed by atoms with Crippen LogP contribution in [0.25, 0.3) is 0 Å². The Balaban J connectivity index is 2.15. The van der Waals surface area contributed by atoms with Gasteiger partial charge in [-0.05, 0) is 12.1 Å². The van der Waals surface area contributed by atoms with Gasteiger partial charge in [-0.2, -0.15) is 4.98 Å². The average Bonchev–Trinajstić information content (AvgIpc) is 2.59. The van der Waals surface area contributed by atoms with E-state index in [0.717, 1.165) is 0 Å². The third-order valence-electron chi connectivity index (χ3n) is 1.29. The lowest BCUT2D eigenvalue weighted by Gasteiger charge is -1.96. The predicted molar refractivity (Wildman–Crippen MR) is 40.8 cm³/mol. The van der Waals surface area contributed by atoms with Crippen molar-refractivity contribution in [1.82, 2.24) is 10.1 Å². The van der Waals surface area contributed by atoms with E-state index in [1.807, 2.05) is 30.3 Å². The highest BCUT2D eigenvalue weighted by Gasteiger charge is 1.99. The third-order valence-corrected chi connectivity index (χ3v) is 1.29. The zero-order chi connectivity index (χ0) is 8.23. The molecule has 2 rings (SSSR count). The molecule has 0 unspecified atom stereocenters. The minimum absolute atomic E-state index is 0.154. The Labute approximate surface area is 68.8 Å². The molecular formula is C8H6N2O2. The topological polar surface area (TPSA) is 48.2 Å². The van der Waals surface area contributed by atoms with Gasteiger partial charge in [-0.15, -0.1) is 0 Å². The molecule has 0 aliphatic carbocycles. The SMILES string of the molecule is c1ccc(Oc2ncno2)cc1. The highest BCUT2D eigenvalue weighted by Crippen LogP contribution is 2.16. The molecule has 0 aliphatic rings. The van der Waals surface area contributed by atoms with Gasteiger partial charge in [0.15, 0.2) is 6.33 Å². The summed E-state index contributed by atoms with van der Waals surface area (Å²) in [4.78, 5) is 3.71. The van der Waals surface area contributed by atoms with Gasteiger partial charge in [-0.25, -0.2) is 0 Å². The Bertz CT molecular complexity index is 331. The maximum absolute atomic E-state index is 5.18. The molecule has 1 heterocycles. The van der Waals surface area contributed by atoms with Gasteiger partial charge in [0.2, 0.25) is 0 Å². The number of nitrogens with zero attached hydrogens (tertiary/aromatic N) is 2. The summed E-state index contributed by atoms with van der Waals surface area (Å²) < 4.78 is 9.83. The molecule has 2 aromatic rings. The molecule has 0 bridgehead atoms. The minimum Gasteiger partial charge on any atom is -0.410 e. The number of benzene rings is 1. The van der Waals surface area contributed by atoms with Crippen LogP contribution in [-0.4, -0.2) is 10.1 Å². The van der Waals surface area contributed by atoms with E-state index in [2.05, 4.69) is 14.7 Å². The summed E-state index contributed by atoms with van der Waals surface area (Å²) in [6.45, 7) is 0. The summed E-state index contributed by atoms with van der Waals surface area (Å²) in [5, 5.41) is 3.41. The van der Waals surface area contributed by atoms with Crippen LogP contribution in [0, 0.1) is 0 Å². The maximum atomic E-state index is 5.18. The number of hydrogen-bond acceptors (Lipinski definition) is 4. The van der Waals surface area contributed by atoms with Gasteiger partial charge in [0.25, 0.3) is 0 Å². The zero-order valence-electron chi connectivity index (χ0n) is 6.18. The van der Waals surface area contributed by atoms with E-state index in [0.29, 0.717) is 5.75 Å². The molecule has 4 heteroatoms. The molecule has 4 nitrogen and oxygen atoms in total. The van der Waals surface area contributed by atoms with Crippen molar-refractivity contribution in [2.45, 2.75) is 0 Å². The van der Waals surface area contributed by atoms with Crippen LogP contribution in [0.4, 0.5) is 0 Å². The van der Waals surface area contributed by atoms with Crippen LogP contribution >= 0.6 is 0 Å². The molecular weight excluding hydrogens is 156 g/mol. The smallest absolute Gasteiger partial charge is 0.410 e. The lowest BCUT2D eigenvalue weighted by Crippen LogP contribution is -1.81. The van der Waals surface area contributed by atoms with Crippen molar-refractivity contribution in [3.8, 4) is 11.8 Å². The monoisotopic (exact) mass is 162 g/mol. The minimum atomic E-state index is 0.154. The zero-order valence-corrected chi connectivity index (χ0v) is 6.18.